The number of nitriles is 1. The lowest BCUT2D eigenvalue weighted by molar-refractivity contribution is 0.0993. The summed E-state index contributed by atoms with van der Waals surface area (Å²) in [4.78, 5) is 5.14. The Morgan fingerprint density at radius 1 is 1.35 bits per heavy atom. The Morgan fingerprint density at radius 2 is 2.25 bits per heavy atom. The zero-order valence-corrected chi connectivity index (χ0v) is 12.0. The second-order valence-corrected chi connectivity index (χ2v) is 5.71. The molecule has 0 bridgehead atoms. The third-order valence-corrected chi connectivity index (χ3v) is 4.46. The highest BCUT2D eigenvalue weighted by atomic mass is 16.5. The number of rotatable bonds is 3. The summed E-state index contributed by atoms with van der Waals surface area (Å²) in [5, 5.41) is 9.02. The monoisotopic (exact) mass is 271 g/mol. The molecule has 106 valence electrons. The van der Waals surface area contributed by atoms with Gasteiger partial charge in [0.05, 0.1) is 12.7 Å². The van der Waals surface area contributed by atoms with E-state index in [1.807, 2.05) is 18.2 Å². The fourth-order valence-electron chi connectivity index (χ4n) is 3.38. The van der Waals surface area contributed by atoms with Crippen LogP contribution in [-0.4, -0.2) is 49.1 Å². The average Bonchev–Trinajstić information content (AvgIpc) is 2.94. The quantitative estimate of drug-likeness (QED) is 0.841. The molecule has 2 aliphatic rings. The molecule has 1 atom stereocenters. The SMILES string of the molecule is COc1cc(CN2CCN3CCCC3C2)ccc1C#N. The van der Waals surface area contributed by atoms with Crippen LogP contribution in [-0.2, 0) is 6.54 Å². The van der Waals surface area contributed by atoms with E-state index in [1.54, 1.807) is 7.11 Å². The molecule has 1 aromatic rings. The van der Waals surface area contributed by atoms with Crippen LogP contribution in [0.15, 0.2) is 18.2 Å². The van der Waals surface area contributed by atoms with E-state index in [0.717, 1.165) is 19.1 Å². The zero-order valence-electron chi connectivity index (χ0n) is 12.0. The van der Waals surface area contributed by atoms with Crippen molar-refractivity contribution in [1.29, 1.82) is 5.26 Å². The lowest BCUT2D eigenvalue weighted by Gasteiger charge is -2.37. The van der Waals surface area contributed by atoms with Crippen LogP contribution in [0.1, 0.15) is 24.0 Å². The molecule has 0 spiro atoms. The molecule has 3 rings (SSSR count). The van der Waals surface area contributed by atoms with Gasteiger partial charge in [-0.3, -0.25) is 9.80 Å². The van der Waals surface area contributed by atoms with E-state index in [1.165, 1.54) is 38.0 Å². The minimum atomic E-state index is 0.608. The first-order valence-electron chi connectivity index (χ1n) is 7.33. The number of fused-ring (bicyclic) bond motifs is 1. The smallest absolute Gasteiger partial charge is 0.136 e. The van der Waals surface area contributed by atoms with Gasteiger partial charge >= 0.3 is 0 Å². The molecule has 20 heavy (non-hydrogen) atoms. The van der Waals surface area contributed by atoms with E-state index in [2.05, 4.69) is 15.9 Å². The topological polar surface area (TPSA) is 39.5 Å². The summed E-state index contributed by atoms with van der Waals surface area (Å²) < 4.78 is 5.29. The molecule has 0 saturated carbocycles. The van der Waals surface area contributed by atoms with E-state index < -0.39 is 0 Å². The lowest BCUT2D eigenvalue weighted by atomic mass is 10.1. The summed E-state index contributed by atoms with van der Waals surface area (Å²) in [5.41, 5.74) is 1.84. The minimum Gasteiger partial charge on any atom is -0.495 e. The highest BCUT2D eigenvalue weighted by Crippen LogP contribution is 2.24. The number of benzene rings is 1. The maximum Gasteiger partial charge on any atom is 0.136 e. The molecule has 0 amide bonds. The summed E-state index contributed by atoms with van der Waals surface area (Å²) in [5.74, 6) is 0.685. The van der Waals surface area contributed by atoms with Crippen LogP contribution < -0.4 is 4.74 Å². The Balaban J connectivity index is 1.67. The van der Waals surface area contributed by atoms with Crippen molar-refractivity contribution in [2.45, 2.75) is 25.4 Å². The van der Waals surface area contributed by atoms with Gasteiger partial charge in [-0.2, -0.15) is 5.26 Å². The normalized spacial score (nSPS) is 23.3. The average molecular weight is 271 g/mol. The Morgan fingerprint density at radius 3 is 3.05 bits per heavy atom. The molecule has 1 aromatic carbocycles. The molecule has 2 aliphatic heterocycles. The van der Waals surface area contributed by atoms with Gasteiger partial charge in [0, 0.05) is 32.2 Å². The minimum absolute atomic E-state index is 0.608. The number of hydrogen-bond donors (Lipinski definition) is 0. The molecule has 1 unspecified atom stereocenters. The molecule has 0 N–H and O–H groups in total. The van der Waals surface area contributed by atoms with Gasteiger partial charge < -0.3 is 4.74 Å². The summed E-state index contributed by atoms with van der Waals surface area (Å²) in [7, 11) is 1.62. The molecular formula is C16H21N3O. The maximum absolute atomic E-state index is 9.02. The summed E-state index contributed by atoms with van der Waals surface area (Å²) in [6.07, 6.45) is 2.69. The van der Waals surface area contributed by atoms with E-state index in [-0.39, 0.29) is 0 Å². The first kappa shape index (κ1) is 13.4. The molecule has 0 aromatic heterocycles. The Labute approximate surface area is 120 Å². The second kappa shape index (κ2) is 5.82. The van der Waals surface area contributed by atoms with Crippen molar-refractivity contribution >= 4 is 0 Å². The molecule has 4 nitrogen and oxygen atoms in total. The van der Waals surface area contributed by atoms with Gasteiger partial charge in [0.15, 0.2) is 0 Å². The number of nitrogens with zero attached hydrogens (tertiary/aromatic N) is 3. The van der Waals surface area contributed by atoms with Crippen LogP contribution in [0.25, 0.3) is 0 Å². The standard InChI is InChI=1S/C16H21N3O/c1-20-16-9-13(4-5-14(16)10-17)11-18-7-8-19-6-2-3-15(19)12-18/h4-5,9,15H,2-3,6-8,11-12H2,1H3. The Bertz CT molecular complexity index is 523. The second-order valence-electron chi connectivity index (χ2n) is 5.71. The maximum atomic E-state index is 9.02. The highest BCUT2D eigenvalue weighted by Gasteiger charge is 2.30. The van der Waals surface area contributed by atoms with Gasteiger partial charge in [0.2, 0.25) is 0 Å². The molecule has 2 saturated heterocycles. The molecule has 2 fully saturated rings. The van der Waals surface area contributed by atoms with Crippen molar-refractivity contribution in [3.8, 4) is 11.8 Å². The van der Waals surface area contributed by atoms with Crippen LogP contribution in [0.2, 0.25) is 0 Å². The summed E-state index contributed by atoms with van der Waals surface area (Å²) in [6, 6.07) is 8.82. The summed E-state index contributed by atoms with van der Waals surface area (Å²) >= 11 is 0. The molecule has 0 radical (unpaired) electrons. The van der Waals surface area contributed by atoms with E-state index in [4.69, 9.17) is 10.00 Å². The van der Waals surface area contributed by atoms with Crippen LogP contribution in [0.4, 0.5) is 0 Å². The third-order valence-electron chi connectivity index (χ3n) is 4.46. The van der Waals surface area contributed by atoms with Crippen LogP contribution in [0, 0.1) is 11.3 Å². The van der Waals surface area contributed by atoms with E-state index in [0.29, 0.717) is 11.3 Å². The van der Waals surface area contributed by atoms with E-state index in [9.17, 15) is 0 Å². The largest absolute Gasteiger partial charge is 0.495 e. The number of ether oxygens (including phenoxy) is 1. The van der Waals surface area contributed by atoms with Crippen LogP contribution >= 0.6 is 0 Å². The third kappa shape index (κ3) is 2.65. The van der Waals surface area contributed by atoms with Crippen molar-refractivity contribution in [3.63, 3.8) is 0 Å². The first-order chi connectivity index (χ1) is 9.80. The van der Waals surface area contributed by atoms with E-state index >= 15 is 0 Å². The zero-order chi connectivity index (χ0) is 13.9. The predicted octanol–water partition coefficient (Wildman–Crippen LogP) is 1.85. The summed E-state index contributed by atoms with van der Waals surface area (Å²) in [6.45, 7) is 5.73. The lowest BCUT2D eigenvalue weighted by Crippen LogP contribution is -2.49. The van der Waals surface area contributed by atoms with Crippen molar-refractivity contribution in [3.05, 3.63) is 29.3 Å². The number of methoxy groups -OCH3 is 1. The predicted molar refractivity (Wildman–Crippen MR) is 77.6 cm³/mol. The van der Waals surface area contributed by atoms with Crippen LogP contribution in [0.3, 0.4) is 0 Å². The van der Waals surface area contributed by atoms with Crippen molar-refractivity contribution < 1.29 is 4.74 Å². The van der Waals surface area contributed by atoms with Crippen LogP contribution in [0.5, 0.6) is 5.75 Å². The van der Waals surface area contributed by atoms with Gasteiger partial charge in [-0.15, -0.1) is 0 Å². The first-order valence-corrected chi connectivity index (χ1v) is 7.33. The number of hydrogen-bond acceptors (Lipinski definition) is 4. The van der Waals surface area contributed by atoms with Crippen molar-refractivity contribution in [1.82, 2.24) is 9.80 Å². The fraction of sp³-hybridized carbons (Fsp3) is 0.562. The Kier molecular flexibility index (Phi) is 3.90. The van der Waals surface area contributed by atoms with Gasteiger partial charge in [0.25, 0.3) is 0 Å². The molecule has 4 heteroatoms. The van der Waals surface area contributed by atoms with Gasteiger partial charge in [0.1, 0.15) is 11.8 Å². The van der Waals surface area contributed by atoms with Gasteiger partial charge in [-0.1, -0.05) is 6.07 Å². The van der Waals surface area contributed by atoms with Gasteiger partial charge in [-0.05, 0) is 37.1 Å². The molecule has 2 heterocycles. The van der Waals surface area contributed by atoms with Crippen molar-refractivity contribution in [2.75, 3.05) is 33.3 Å². The van der Waals surface area contributed by atoms with Gasteiger partial charge in [-0.25, -0.2) is 0 Å². The Hall–Kier alpha value is -1.57. The highest BCUT2D eigenvalue weighted by molar-refractivity contribution is 5.45. The molecular weight excluding hydrogens is 250 g/mol. The number of piperazine rings is 1. The fourth-order valence-corrected chi connectivity index (χ4v) is 3.38. The molecule has 0 aliphatic carbocycles. The van der Waals surface area contributed by atoms with Crippen molar-refractivity contribution in [2.24, 2.45) is 0 Å².